The topological polar surface area (TPSA) is 85.0 Å². The molecule has 0 radical (unpaired) electrons. The second kappa shape index (κ2) is 6.35. The van der Waals surface area contributed by atoms with E-state index in [1.807, 2.05) is 0 Å². The maximum Gasteiger partial charge on any atom is 0.215 e. The lowest BCUT2D eigenvalue weighted by Gasteiger charge is -2.14. The van der Waals surface area contributed by atoms with Gasteiger partial charge in [-0.15, -0.1) is 0 Å². The van der Waals surface area contributed by atoms with Crippen LogP contribution in [0.15, 0.2) is 12.1 Å². The van der Waals surface area contributed by atoms with Gasteiger partial charge in [-0.1, -0.05) is 0 Å². The molecule has 2 aromatic heterocycles. The van der Waals surface area contributed by atoms with Gasteiger partial charge in [0.05, 0.1) is 13.2 Å². The van der Waals surface area contributed by atoms with E-state index in [-0.39, 0.29) is 18.0 Å². The van der Waals surface area contributed by atoms with Crippen molar-refractivity contribution in [1.29, 1.82) is 0 Å². The molecule has 7 nitrogen and oxygen atoms in total. The molecule has 8 heteroatoms. The summed E-state index contributed by atoms with van der Waals surface area (Å²) in [6.45, 7) is 0.483. The van der Waals surface area contributed by atoms with Crippen molar-refractivity contribution >= 4 is 5.82 Å². The van der Waals surface area contributed by atoms with Gasteiger partial charge in [-0.25, -0.2) is 9.37 Å². The Labute approximate surface area is 139 Å². The summed E-state index contributed by atoms with van der Waals surface area (Å²) in [5.41, 5.74) is 0. The average Bonchev–Trinajstić information content (AvgIpc) is 3.14. The van der Waals surface area contributed by atoms with Gasteiger partial charge in [0, 0.05) is 18.5 Å². The third-order valence-electron chi connectivity index (χ3n) is 4.40. The lowest BCUT2D eigenvalue weighted by molar-refractivity contribution is 0.0471. The Morgan fingerprint density at radius 1 is 1.29 bits per heavy atom. The molecule has 0 amide bonds. The molecule has 2 N–H and O–H groups in total. The predicted molar refractivity (Wildman–Crippen MR) is 84.4 cm³/mol. The number of H-pyrrole nitrogens is 1. The van der Waals surface area contributed by atoms with E-state index >= 15 is 0 Å². The van der Waals surface area contributed by atoms with Crippen molar-refractivity contribution in [2.45, 2.75) is 43.8 Å². The molecule has 3 heterocycles. The molecular weight excluding hydrogens is 313 g/mol. The molecule has 4 rings (SSSR count). The highest BCUT2D eigenvalue weighted by molar-refractivity contribution is 5.39. The number of nitrogens with zero attached hydrogens (tertiary/aromatic N) is 3. The van der Waals surface area contributed by atoms with E-state index in [2.05, 4.69) is 25.5 Å². The van der Waals surface area contributed by atoms with E-state index in [0.29, 0.717) is 18.3 Å². The summed E-state index contributed by atoms with van der Waals surface area (Å²) in [7, 11) is 1.50. The summed E-state index contributed by atoms with van der Waals surface area (Å²) in [6, 6.07) is 2.82. The Kier molecular flexibility index (Phi) is 4.05. The normalized spacial score (nSPS) is 23.4. The molecule has 128 valence electrons. The molecule has 1 saturated carbocycles. The number of halogens is 1. The average molecular weight is 333 g/mol. The quantitative estimate of drug-likeness (QED) is 0.845. The monoisotopic (exact) mass is 333 g/mol. The number of nitrogens with one attached hydrogen (secondary N) is 2. The largest absolute Gasteiger partial charge is 0.481 e. The highest BCUT2D eigenvalue weighted by Gasteiger charge is 2.32. The zero-order chi connectivity index (χ0) is 16.5. The van der Waals surface area contributed by atoms with Crippen LogP contribution in [0.25, 0.3) is 0 Å². The standard InChI is InChI=1S/C16H20FN5O2/c1-23-13-7-5-11(17)15(19-13)18-8-10-4-6-12(24-10)16-20-14(21-22-16)9-2-3-9/h5,7,9-10,12H,2-4,6,8H2,1H3,(H,18,19)(H,20,21,22)/t10-,12+/m1/s1. The van der Waals surface area contributed by atoms with Gasteiger partial charge in [-0.2, -0.15) is 10.1 Å². The lowest BCUT2D eigenvalue weighted by atomic mass is 10.2. The zero-order valence-corrected chi connectivity index (χ0v) is 13.5. The Morgan fingerprint density at radius 2 is 2.17 bits per heavy atom. The number of anilines is 1. The van der Waals surface area contributed by atoms with Crippen LogP contribution in [0.5, 0.6) is 5.88 Å². The first-order valence-electron chi connectivity index (χ1n) is 8.25. The van der Waals surface area contributed by atoms with Crippen molar-refractivity contribution in [3.8, 4) is 5.88 Å². The molecule has 0 spiro atoms. The molecule has 1 aliphatic carbocycles. The summed E-state index contributed by atoms with van der Waals surface area (Å²) in [5.74, 6) is 2.36. The molecular formula is C16H20FN5O2. The van der Waals surface area contributed by atoms with Gasteiger partial charge in [-0.3, -0.25) is 5.10 Å². The number of rotatable bonds is 6. The molecule has 1 saturated heterocycles. The van der Waals surface area contributed by atoms with E-state index in [1.54, 1.807) is 0 Å². The summed E-state index contributed by atoms with van der Waals surface area (Å²) >= 11 is 0. The van der Waals surface area contributed by atoms with Crippen molar-refractivity contribution < 1.29 is 13.9 Å². The third kappa shape index (κ3) is 3.19. The minimum Gasteiger partial charge on any atom is -0.481 e. The molecule has 2 fully saturated rings. The van der Waals surface area contributed by atoms with Crippen LogP contribution >= 0.6 is 0 Å². The van der Waals surface area contributed by atoms with Gasteiger partial charge in [0.25, 0.3) is 0 Å². The zero-order valence-electron chi connectivity index (χ0n) is 13.5. The van der Waals surface area contributed by atoms with Gasteiger partial charge >= 0.3 is 0 Å². The van der Waals surface area contributed by atoms with Crippen LogP contribution in [0.2, 0.25) is 0 Å². The van der Waals surface area contributed by atoms with Crippen LogP contribution in [0.4, 0.5) is 10.2 Å². The number of aromatic amines is 1. The van der Waals surface area contributed by atoms with Gasteiger partial charge < -0.3 is 14.8 Å². The van der Waals surface area contributed by atoms with Gasteiger partial charge in [0.15, 0.2) is 23.3 Å². The molecule has 2 aromatic rings. The van der Waals surface area contributed by atoms with Crippen LogP contribution in [-0.2, 0) is 4.74 Å². The number of methoxy groups -OCH3 is 1. The fourth-order valence-electron chi connectivity index (χ4n) is 2.89. The Hall–Kier alpha value is -2.22. The number of hydrogen-bond acceptors (Lipinski definition) is 6. The summed E-state index contributed by atoms with van der Waals surface area (Å²) in [5, 5.41) is 10.3. The summed E-state index contributed by atoms with van der Waals surface area (Å²) in [4.78, 5) is 8.61. The molecule has 0 aromatic carbocycles. The lowest BCUT2D eigenvalue weighted by Crippen LogP contribution is -2.20. The van der Waals surface area contributed by atoms with Gasteiger partial charge in [0.1, 0.15) is 6.10 Å². The fourth-order valence-corrected chi connectivity index (χ4v) is 2.89. The highest BCUT2D eigenvalue weighted by atomic mass is 19.1. The van der Waals surface area contributed by atoms with E-state index in [4.69, 9.17) is 9.47 Å². The summed E-state index contributed by atoms with van der Waals surface area (Å²) in [6.07, 6.45) is 4.02. The number of aromatic nitrogens is 4. The first-order valence-corrected chi connectivity index (χ1v) is 8.25. The first kappa shape index (κ1) is 15.3. The molecule has 2 atom stereocenters. The molecule has 0 bridgehead atoms. The van der Waals surface area contributed by atoms with E-state index < -0.39 is 5.82 Å². The van der Waals surface area contributed by atoms with Crippen molar-refractivity contribution in [2.75, 3.05) is 19.0 Å². The first-order chi connectivity index (χ1) is 11.7. The van der Waals surface area contributed by atoms with Crippen molar-refractivity contribution in [3.05, 3.63) is 29.6 Å². The van der Waals surface area contributed by atoms with Crippen LogP contribution in [0.1, 0.15) is 49.4 Å². The smallest absolute Gasteiger partial charge is 0.215 e. The maximum absolute atomic E-state index is 13.8. The second-order valence-electron chi connectivity index (χ2n) is 6.24. The van der Waals surface area contributed by atoms with E-state index in [0.717, 1.165) is 24.5 Å². The molecule has 24 heavy (non-hydrogen) atoms. The molecule has 1 aliphatic heterocycles. The van der Waals surface area contributed by atoms with Crippen molar-refractivity contribution in [1.82, 2.24) is 20.2 Å². The minimum atomic E-state index is -0.408. The Bertz CT molecular complexity index is 718. The summed E-state index contributed by atoms with van der Waals surface area (Å²) < 4.78 is 24.8. The number of ether oxygens (including phenoxy) is 2. The minimum absolute atomic E-state index is 0.0168. The van der Waals surface area contributed by atoms with Crippen molar-refractivity contribution in [3.63, 3.8) is 0 Å². The predicted octanol–water partition coefficient (Wildman–Crippen LogP) is 2.56. The number of hydrogen-bond donors (Lipinski definition) is 2. The van der Waals surface area contributed by atoms with Crippen LogP contribution in [-0.4, -0.2) is 39.9 Å². The Balaban J connectivity index is 1.33. The van der Waals surface area contributed by atoms with E-state index in [1.165, 1.54) is 32.1 Å². The van der Waals surface area contributed by atoms with Crippen LogP contribution in [0.3, 0.4) is 0 Å². The maximum atomic E-state index is 13.8. The van der Waals surface area contributed by atoms with Gasteiger partial charge in [0.2, 0.25) is 5.88 Å². The van der Waals surface area contributed by atoms with Crippen LogP contribution < -0.4 is 10.1 Å². The van der Waals surface area contributed by atoms with Gasteiger partial charge in [-0.05, 0) is 31.7 Å². The SMILES string of the molecule is COc1ccc(F)c(NC[C@H]2CC[C@@H](c3nc(C4CC4)n[nH]3)O2)n1. The molecule has 2 aliphatic rings. The van der Waals surface area contributed by atoms with Crippen LogP contribution in [0, 0.1) is 5.82 Å². The number of pyridine rings is 1. The fraction of sp³-hybridized carbons (Fsp3) is 0.562. The third-order valence-corrected chi connectivity index (χ3v) is 4.40. The second-order valence-corrected chi connectivity index (χ2v) is 6.24. The van der Waals surface area contributed by atoms with Crippen molar-refractivity contribution in [2.24, 2.45) is 0 Å². The highest BCUT2D eigenvalue weighted by Crippen LogP contribution is 2.39. The molecule has 0 unspecified atom stereocenters. The van der Waals surface area contributed by atoms with E-state index in [9.17, 15) is 4.39 Å². The Morgan fingerprint density at radius 3 is 2.96 bits per heavy atom.